The number of hydrogen-bond acceptors (Lipinski definition) is 3. The van der Waals surface area contributed by atoms with Gasteiger partial charge in [0.2, 0.25) is 0 Å². The SMILES string of the molecule is CCC(NCC(O)CN1CCCC1)C1CCCCC1. The average molecular weight is 268 g/mol. The highest BCUT2D eigenvalue weighted by Crippen LogP contribution is 2.27. The Morgan fingerprint density at radius 2 is 1.79 bits per heavy atom. The number of nitrogens with one attached hydrogen (secondary N) is 1. The van der Waals surface area contributed by atoms with E-state index in [4.69, 9.17) is 0 Å². The van der Waals surface area contributed by atoms with Crippen LogP contribution in [0.25, 0.3) is 0 Å². The predicted octanol–water partition coefficient (Wildman–Crippen LogP) is 2.39. The van der Waals surface area contributed by atoms with Crippen LogP contribution in [0.4, 0.5) is 0 Å². The van der Waals surface area contributed by atoms with Crippen molar-refractivity contribution in [2.45, 2.75) is 70.4 Å². The lowest BCUT2D eigenvalue weighted by molar-refractivity contribution is 0.114. The minimum absolute atomic E-state index is 0.198. The monoisotopic (exact) mass is 268 g/mol. The van der Waals surface area contributed by atoms with Crippen LogP contribution in [-0.2, 0) is 0 Å². The van der Waals surface area contributed by atoms with E-state index in [9.17, 15) is 5.11 Å². The summed E-state index contributed by atoms with van der Waals surface area (Å²) in [7, 11) is 0. The summed E-state index contributed by atoms with van der Waals surface area (Å²) in [6.07, 6.45) is 10.6. The maximum atomic E-state index is 10.1. The molecule has 2 unspecified atom stereocenters. The summed E-state index contributed by atoms with van der Waals surface area (Å²) in [5, 5.41) is 13.8. The third kappa shape index (κ3) is 5.05. The highest BCUT2D eigenvalue weighted by atomic mass is 16.3. The highest BCUT2D eigenvalue weighted by Gasteiger charge is 2.23. The predicted molar refractivity (Wildman–Crippen MR) is 80.3 cm³/mol. The molecule has 0 radical (unpaired) electrons. The minimum atomic E-state index is -0.198. The van der Waals surface area contributed by atoms with Crippen LogP contribution >= 0.6 is 0 Å². The smallest absolute Gasteiger partial charge is 0.0791 e. The van der Waals surface area contributed by atoms with Gasteiger partial charge in [-0.2, -0.15) is 0 Å². The molecule has 0 aromatic rings. The van der Waals surface area contributed by atoms with Crippen molar-refractivity contribution >= 4 is 0 Å². The van der Waals surface area contributed by atoms with Crippen molar-refractivity contribution in [1.29, 1.82) is 0 Å². The van der Waals surface area contributed by atoms with Gasteiger partial charge >= 0.3 is 0 Å². The fraction of sp³-hybridized carbons (Fsp3) is 1.00. The van der Waals surface area contributed by atoms with E-state index in [0.29, 0.717) is 6.04 Å². The minimum Gasteiger partial charge on any atom is -0.390 e. The number of aliphatic hydroxyl groups is 1. The Balaban J connectivity index is 1.66. The van der Waals surface area contributed by atoms with E-state index in [1.54, 1.807) is 0 Å². The average Bonchev–Trinajstić information content (AvgIpc) is 2.93. The van der Waals surface area contributed by atoms with Gasteiger partial charge in [0.1, 0.15) is 0 Å². The van der Waals surface area contributed by atoms with Crippen molar-refractivity contribution in [1.82, 2.24) is 10.2 Å². The largest absolute Gasteiger partial charge is 0.390 e. The molecule has 0 aromatic carbocycles. The van der Waals surface area contributed by atoms with Gasteiger partial charge < -0.3 is 15.3 Å². The Labute approximate surface area is 118 Å². The lowest BCUT2D eigenvalue weighted by atomic mass is 9.83. The fourth-order valence-corrected chi connectivity index (χ4v) is 3.80. The molecule has 19 heavy (non-hydrogen) atoms. The number of nitrogens with zero attached hydrogens (tertiary/aromatic N) is 1. The fourth-order valence-electron chi connectivity index (χ4n) is 3.80. The number of rotatable bonds is 7. The van der Waals surface area contributed by atoms with Crippen LogP contribution in [0.1, 0.15) is 58.3 Å². The third-order valence-electron chi connectivity index (χ3n) is 4.94. The van der Waals surface area contributed by atoms with Crippen molar-refractivity contribution in [3.63, 3.8) is 0 Å². The molecule has 2 rings (SSSR count). The van der Waals surface area contributed by atoms with E-state index in [1.165, 1.54) is 64.5 Å². The molecule has 2 atom stereocenters. The molecule has 1 saturated heterocycles. The second-order valence-corrected chi connectivity index (χ2v) is 6.48. The number of aliphatic hydroxyl groups excluding tert-OH is 1. The first kappa shape index (κ1) is 15.3. The molecular formula is C16H32N2O. The van der Waals surface area contributed by atoms with Crippen molar-refractivity contribution in [3.8, 4) is 0 Å². The summed E-state index contributed by atoms with van der Waals surface area (Å²) in [6.45, 7) is 6.26. The van der Waals surface area contributed by atoms with Crippen molar-refractivity contribution < 1.29 is 5.11 Å². The van der Waals surface area contributed by atoms with Gasteiger partial charge in [-0.25, -0.2) is 0 Å². The second-order valence-electron chi connectivity index (χ2n) is 6.48. The van der Waals surface area contributed by atoms with Gasteiger partial charge in [0.25, 0.3) is 0 Å². The molecule has 1 saturated carbocycles. The molecule has 2 N–H and O–H groups in total. The van der Waals surface area contributed by atoms with E-state index in [2.05, 4.69) is 17.1 Å². The highest BCUT2D eigenvalue weighted by molar-refractivity contribution is 4.80. The molecule has 3 nitrogen and oxygen atoms in total. The molecule has 1 aliphatic carbocycles. The molecule has 2 aliphatic rings. The molecule has 112 valence electrons. The Morgan fingerprint density at radius 3 is 2.42 bits per heavy atom. The Bertz CT molecular complexity index is 235. The van der Waals surface area contributed by atoms with Crippen LogP contribution in [0.15, 0.2) is 0 Å². The molecule has 1 heterocycles. The Hall–Kier alpha value is -0.120. The van der Waals surface area contributed by atoms with E-state index < -0.39 is 0 Å². The molecule has 0 bridgehead atoms. The normalized spacial score (nSPS) is 25.6. The zero-order chi connectivity index (χ0) is 13.5. The van der Waals surface area contributed by atoms with Crippen molar-refractivity contribution in [2.75, 3.05) is 26.2 Å². The van der Waals surface area contributed by atoms with Gasteiger partial charge in [-0.3, -0.25) is 0 Å². The third-order valence-corrected chi connectivity index (χ3v) is 4.94. The first-order chi connectivity index (χ1) is 9.29. The standard InChI is InChI=1S/C16H32N2O/c1-2-16(14-8-4-3-5-9-14)17-12-15(19)13-18-10-6-7-11-18/h14-17,19H,2-13H2,1H3. The van der Waals surface area contributed by atoms with Crippen LogP contribution in [0.3, 0.4) is 0 Å². The van der Waals surface area contributed by atoms with Crippen LogP contribution in [-0.4, -0.2) is 48.3 Å². The molecule has 1 aliphatic heterocycles. The van der Waals surface area contributed by atoms with Gasteiger partial charge in [0, 0.05) is 19.1 Å². The van der Waals surface area contributed by atoms with E-state index in [1.807, 2.05) is 0 Å². The molecule has 3 heteroatoms. The van der Waals surface area contributed by atoms with E-state index >= 15 is 0 Å². The summed E-state index contributed by atoms with van der Waals surface area (Å²) in [5.41, 5.74) is 0. The molecular weight excluding hydrogens is 236 g/mol. The molecule has 0 spiro atoms. The van der Waals surface area contributed by atoms with E-state index in [0.717, 1.165) is 19.0 Å². The van der Waals surface area contributed by atoms with Crippen molar-refractivity contribution in [3.05, 3.63) is 0 Å². The van der Waals surface area contributed by atoms with Gasteiger partial charge in [0.15, 0.2) is 0 Å². The maximum Gasteiger partial charge on any atom is 0.0791 e. The Kier molecular flexibility index (Phi) is 6.62. The lowest BCUT2D eigenvalue weighted by Crippen LogP contribution is -2.44. The van der Waals surface area contributed by atoms with Crippen LogP contribution in [0, 0.1) is 5.92 Å². The molecule has 2 fully saturated rings. The molecule has 0 amide bonds. The number of β-amino-alcohol motifs (C(OH)–C–C–N with tert-alkyl or cyclic N) is 1. The zero-order valence-corrected chi connectivity index (χ0v) is 12.6. The van der Waals surface area contributed by atoms with Gasteiger partial charge in [-0.1, -0.05) is 26.2 Å². The van der Waals surface area contributed by atoms with Gasteiger partial charge in [0.05, 0.1) is 6.10 Å². The maximum absolute atomic E-state index is 10.1. The summed E-state index contributed by atoms with van der Waals surface area (Å²) in [5.74, 6) is 0.845. The number of hydrogen-bond donors (Lipinski definition) is 2. The number of likely N-dealkylation sites (tertiary alicyclic amines) is 1. The Morgan fingerprint density at radius 1 is 1.11 bits per heavy atom. The van der Waals surface area contributed by atoms with Crippen molar-refractivity contribution in [2.24, 2.45) is 5.92 Å². The summed E-state index contributed by atoms with van der Waals surface area (Å²) >= 11 is 0. The summed E-state index contributed by atoms with van der Waals surface area (Å²) in [4.78, 5) is 2.40. The van der Waals surface area contributed by atoms with Crippen LogP contribution < -0.4 is 5.32 Å². The van der Waals surface area contributed by atoms with Gasteiger partial charge in [-0.05, 0) is 51.1 Å². The summed E-state index contributed by atoms with van der Waals surface area (Å²) < 4.78 is 0. The lowest BCUT2D eigenvalue weighted by Gasteiger charge is -2.31. The van der Waals surface area contributed by atoms with Crippen LogP contribution in [0.2, 0.25) is 0 Å². The first-order valence-corrected chi connectivity index (χ1v) is 8.43. The first-order valence-electron chi connectivity index (χ1n) is 8.43. The summed E-state index contributed by atoms with van der Waals surface area (Å²) in [6, 6.07) is 0.619. The topological polar surface area (TPSA) is 35.5 Å². The van der Waals surface area contributed by atoms with Crippen LogP contribution in [0.5, 0.6) is 0 Å². The molecule has 0 aromatic heterocycles. The quantitative estimate of drug-likeness (QED) is 0.744. The van der Waals surface area contributed by atoms with E-state index in [-0.39, 0.29) is 6.10 Å². The zero-order valence-electron chi connectivity index (χ0n) is 12.6. The van der Waals surface area contributed by atoms with Gasteiger partial charge in [-0.15, -0.1) is 0 Å². The second kappa shape index (κ2) is 8.23.